The highest BCUT2D eigenvalue weighted by Crippen LogP contribution is 2.29. The van der Waals surface area contributed by atoms with Crippen molar-refractivity contribution in [3.63, 3.8) is 0 Å². The van der Waals surface area contributed by atoms with Crippen molar-refractivity contribution >= 4 is 6.03 Å². The van der Waals surface area contributed by atoms with Gasteiger partial charge in [0.1, 0.15) is 30.3 Å². The van der Waals surface area contributed by atoms with E-state index in [2.05, 4.69) is 22.4 Å². The highest BCUT2D eigenvalue weighted by molar-refractivity contribution is 5.75. The number of benzene rings is 2. The number of fused-ring (bicyclic) bond motifs is 2. The van der Waals surface area contributed by atoms with Crippen LogP contribution >= 0.6 is 0 Å². The molecule has 182 valence electrons. The molecular formula is C26H28FN5O3. The van der Waals surface area contributed by atoms with Crippen LogP contribution in [-0.4, -0.2) is 66.4 Å². The van der Waals surface area contributed by atoms with E-state index >= 15 is 0 Å². The Kier molecular flexibility index (Phi) is 7.81. The van der Waals surface area contributed by atoms with Crippen molar-refractivity contribution in [2.75, 3.05) is 39.3 Å². The summed E-state index contributed by atoms with van der Waals surface area (Å²) in [6.07, 6.45) is 0.369. The van der Waals surface area contributed by atoms with Crippen molar-refractivity contribution < 1.29 is 19.0 Å². The number of hydrogen-bond donors (Lipinski definition) is 2. The highest BCUT2D eigenvalue weighted by atomic mass is 19.1. The van der Waals surface area contributed by atoms with Crippen LogP contribution in [0.15, 0.2) is 48.5 Å². The minimum absolute atomic E-state index is 0.158. The number of nitriles is 2. The molecule has 2 bridgehead atoms. The lowest BCUT2D eigenvalue weighted by atomic mass is 9.84. The summed E-state index contributed by atoms with van der Waals surface area (Å²) < 4.78 is 18.8. The first-order chi connectivity index (χ1) is 16.9. The van der Waals surface area contributed by atoms with Crippen molar-refractivity contribution in [3.8, 4) is 17.9 Å². The van der Waals surface area contributed by atoms with Gasteiger partial charge in [0.25, 0.3) is 0 Å². The SMILES string of the molecule is N#Cc1ccc(OCC(O)CN2CC3CC(C2)CN(C(=O)NC(C#N)c2ccc(F)cc2)C3)cc1. The number of aliphatic hydroxyl groups is 1. The fourth-order valence-electron chi connectivity index (χ4n) is 4.93. The fraction of sp³-hybridized carbons (Fsp3) is 0.423. The van der Waals surface area contributed by atoms with Crippen molar-refractivity contribution in [2.45, 2.75) is 18.6 Å². The Hall–Kier alpha value is -3.66. The quantitative estimate of drug-likeness (QED) is 0.634. The second-order valence-corrected chi connectivity index (χ2v) is 9.26. The Morgan fingerprint density at radius 2 is 1.74 bits per heavy atom. The predicted molar refractivity (Wildman–Crippen MR) is 126 cm³/mol. The summed E-state index contributed by atoms with van der Waals surface area (Å²) in [4.78, 5) is 16.8. The smallest absolute Gasteiger partial charge is 0.318 e. The van der Waals surface area contributed by atoms with Crippen molar-refractivity contribution in [1.82, 2.24) is 15.1 Å². The average Bonchev–Trinajstić information content (AvgIpc) is 2.86. The van der Waals surface area contributed by atoms with Gasteiger partial charge in [0.05, 0.1) is 17.7 Å². The van der Waals surface area contributed by atoms with E-state index in [1.54, 1.807) is 29.2 Å². The zero-order valence-electron chi connectivity index (χ0n) is 19.3. The second-order valence-electron chi connectivity index (χ2n) is 9.26. The van der Waals surface area contributed by atoms with Gasteiger partial charge >= 0.3 is 6.03 Å². The predicted octanol–water partition coefficient (Wildman–Crippen LogP) is 2.67. The summed E-state index contributed by atoms with van der Waals surface area (Å²) in [6.45, 7) is 3.35. The van der Waals surface area contributed by atoms with Crippen LogP contribution in [0, 0.1) is 40.3 Å². The van der Waals surface area contributed by atoms with Crippen LogP contribution in [0.4, 0.5) is 9.18 Å². The molecule has 2 fully saturated rings. The summed E-state index contributed by atoms with van der Waals surface area (Å²) in [5.74, 6) is 0.783. The van der Waals surface area contributed by atoms with Crippen molar-refractivity contribution in [3.05, 3.63) is 65.5 Å². The van der Waals surface area contributed by atoms with E-state index in [0.717, 1.165) is 19.5 Å². The van der Waals surface area contributed by atoms with Crippen LogP contribution in [-0.2, 0) is 0 Å². The molecular weight excluding hydrogens is 449 g/mol. The molecule has 2 aromatic carbocycles. The van der Waals surface area contributed by atoms with Gasteiger partial charge in [-0.25, -0.2) is 9.18 Å². The number of β-amino-alcohol motifs (C(OH)–C–C–N with tert-alkyl or cyclic N) is 1. The normalized spacial score (nSPS) is 21.3. The molecule has 0 saturated carbocycles. The Morgan fingerprint density at radius 3 is 2.34 bits per heavy atom. The van der Waals surface area contributed by atoms with Crippen LogP contribution < -0.4 is 10.1 Å². The van der Waals surface area contributed by atoms with Gasteiger partial charge in [-0.2, -0.15) is 10.5 Å². The average molecular weight is 478 g/mol. The molecule has 2 amide bonds. The summed E-state index contributed by atoms with van der Waals surface area (Å²) in [5.41, 5.74) is 1.10. The molecule has 0 aromatic heterocycles. The largest absolute Gasteiger partial charge is 0.491 e. The zero-order chi connectivity index (χ0) is 24.8. The molecule has 4 unspecified atom stereocenters. The van der Waals surface area contributed by atoms with Crippen LogP contribution in [0.3, 0.4) is 0 Å². The number of halogens is 1. The zero-order valence-corrected chi connectivity index (χ0v) is 19.3. The number of carbonyl (C=O) groups excluding carboxylic acids is 1. The van der Waals surface area contributed by atoms with Crippen molar-refractivity contribution in [1.29, 1.82) is 10.5 Å². The topological polar surface area (TPSA) is 113 Å². The van der Waals surface area contributed by atoms with Gasteiger partial charge in [0, 0.05) is 32.7 Å². The molecule has 8 nitrogen and oxygen atoms in total. The van der Waals surface area contributed by atoms with Gasteiger partial charge in [-0.1, -0.05) is 12.1 Å². The van der Waals surface area contributed by atoms with Crippen molar-refractivity contribution in [2.24, 2.45) is 11.8 Å². The molecule has 2 aliphatic heterocycles. The minimum atomic E-state index is -0.840. The standard InChI is InChI=1S/C26H28FN5O3/c27-22-5-3-21(4-6-22)25(11-29)30-26(34)32-14-19-9-20(15-32)13-31(12-19)16-23(33)17-35-24-7-1-18(10-28)2-8-24/h1-8,19-20,23,25,33H,9,12-17H2,(H,30,34). The monoisotopic (exact) mass is 477 g/mol. The summed E-state index contributed by atoms with van der Waals surface area (Å²) in [6, 6.07) is 15.3. The summed E-state index contributed by atoms with van der Waals surface area (Å²) in [5, 5.41) is 31.6. The molecule has 0 radical (unpaired) electrons. The van der Waals surface area contributed by atoms with Crippen LogP contribution in [0.25, 0.3) is 0 Å². The number of aliphatic hydroxyl groups excluding tert-OH is 1. The molecule has 2 N–H and O–H groups in total. The number of nitrogens with zero attached hydrogens (tertiary/aromatic N) is 4. The van der Waals surface area contributed by atoms with Gasteiger partial charge in [-0.15, -0.1) is 0 Å². The molecule has 2 aromatic rings. The van der Waals surface area contributed by atoms with E-state index in [-0.39, 0.29) is 24.5 Å². The second kappa shape index (κ2) is 11.2. The number of likely N-dealkylation sites (tertiary alicyclic amines) is 2. The molecule has 2 aliphatic rings. The molecule has 4 atom stereocenters. The highest BCUT2D eigenvalue weighted by Gasteiger charge is 2.36. The minimum Gasteiger partial charge on any atom is -0.491 e. The third-order valence-electron chi connectivity index (χ3n) is 6.44. The number of urea groups is 1. The number of hydrogen-bond acceptors (Lipinski definition) is 6. The molecule has 4 rings (SSSR count). The lowest BCUT2D eigenvalue weighted by Gasteiger charge is -2.46. The molecule has 9 heteroatoms. The maximum atomic E-state index is 13.2. The Bertz CT molecular complexity index is 1080. The van der Waals surface area contributed by atoms with E-state index in [1.165, 1.54) is 24.3 Å². The number of amides is 2. The van der Waals surface area contributed by atoms with Crippen LogP contribution in [0.1, 0.15) is 23.6 Å². The first-order valence-electron chi connectivity index (χ1n) is 11.7. The van der Waals surface area contributed by atoms with E-state index < -0.39 is 18.0 Å². The maximum absolute atomic E-state index is 13.2. The summed E-state index contributed by atoms with van der Waals surface area (Å²) >= 11 is 0. The third-order valence-corrected chi connectivity index (χ3v) is 6.44. The Balaban J connectivity index is 1.25. The number of carbonyl (C=O) groups is 1. The van der Waals surface area contributed by atoms with Crippen LogP contribution in [0.2, 0.25) is 0 Å². The van der Waals surface area contributed by atoms with Gasteiger partial charge in [0.15, 0.2) is 0 Å². The lowest BCUT2D eigenvalue weighted by Crippen LogP contribution is -2.57. The van der Waals surface area contributed by atoms with Gasteiger partial charge in [-0.3, -0.25) is 4.90 Å². The van der Waals surface area contributed by atoms with E-state index in [1.807, 2.05) is 0 Å². The number of ether oxygens (including phenoxy) is 1. The van der Waals surface area contributed by atoms with E-state index in [4.69, 9.17) is 10.00 Å². The van der Waals surface area contributed by atoms with Gasteiger partial charge in [0.2, 0.25) is 0 Å². The molecule has 0 spiro atoms. The number of nitrogens with one attached hydrogen (secondary N) is 1. The van der Waals surface area contributed by atoms with Gasteiger partial charge in [-0.05, 0) is 60.2 Å². The molecule has 0 aliphatic carbocycles. The first kappa shape index (κ1) is 24.5. The maximum Gasteiger partial charge on any atom is 0.318 e. The summed E-state index contributed by atoms with van der Waals surface area (Å²) in [7, 11) is 0. The Labute approximate surface area is 204 Å². The number of piperidine rings is 2. The number of rotatable bonds is 7. The third kappa shape index (κ3) is 6.48. The Morgan fingerprint density at radius 1 is 1.09 bits per heavy atom. The molecule has 2 heterocycles. The van der Waals surface area contributed by atoms with E-state index in [0.29, 0.717) is 36.5 Å². The lowest BCUT2D eigenvalue weighted by molar-refractivity contribution is 0.00907. The first-order valence-corrected chi connectivity index (χ1v) is 11.7. The molecule has 2 saturated heterocycles. The fourth-order valence-corrected chi connectivity index (χ4v) is 4.93. The van der Waals surface area contributed by atoms with Crippen LogP contribution in [0.5, 0.6) is 5.75 Å². The van der Waals surface area contributed by atoms with E-state index in [9.17, 15) is 19.6 Å². The van der Waals surface area contributed by atoms with Gasteiger partial charge < -0.3 is 20.1 Å². The molecule has 35 heavy (non-hydrogen) atoms.